The lowest BCUT2D eigenvalue weighted by Crippen LogP contribution is -2.26. The van der Waals surface area contributed by atoms with Crippen molar-refractivity contribution >= 4 is 0 Å². The van der Waals surface area contributed by atoms with Crippen molar-refractivity contribution in [1.82, 2.24) is 19.9 Å². The predicted octanol–water partition coefficient (Wildman–Crippen LogP) is 1.40. The molecule has 2 atom stereocenters. The summed E-state index contributed by atoms with van der Waals surface area (Å²) in [4.78, 5) is 1.92. The highest BCUT2D eigenvalue weighted by Crippen LogP contribution is 2.34. The summed E-state index contributed by atoms with van der Waals surface area (Å²) < 4.78 is 29.0. The van der Waals surface area contributed by atoms with E-state index in [1.54, 1.807) is 17.9 Å². The van der Waals surface area contributed by atoms with Crippen molar-refractivity contribution in [3.63, 3.8) is 0 Å². The van der Waals surface area contributed by atoms with E-state index in [4.69, 9.17) is 0 Å². The predicted molar refractivity (Wildman–Crippen MR) is 71.1 cm³/mol. The first-order valence-electron chi connectivity index (χ1n) is 6.75. The molecule has 1 aliphatic rings. The maximum absolute atomic E-state index is 14.0. The first kappa shape index (κ1) is 14.1. The fourth-order valence-corrected chi connectivity index (χ4v) is 2.81. The Labute approximate surface area is 120 Å². The molecule has 1 saturated heterocycles. The maximum atomic E-state index is 14.0. The summed E-state index contributed by atoms with van der Waals surface area (Å²) in [5.74, 6) is -0.932. The van der Waals surface area contributed by atoms with Gasteiger partial charge < -0.3 is 5.11 Å². The van der Waals surface area contributed by atoms with E-state index < -0.39 is 17.7 Å². The Kier molecular flexibility index (Phi) is 3.69. The van der Waals surface area contributed by atoms with Gasteiger partial charge in [0.05, 0.1) is 18.0 Å². The topological polar surface area (TPSA) is 54.2 Å². The SMILES string of the molecule is Cn1nncc1CN1CC(O)CC1c1cc(F)ccc1F. The van der Waals surface area contributed by atoms with Crippen molar-refractivity contribution in [2.75, 3.05) is 6.54 Å². The molecule has 2 unspecified atom stereocenters. The van der Waals surface area contributed by atoms with E-state index in [1.807, 2.05) is 4.90 Å². The van der Waals surface area contributed by atoms with Gasteiger partial charge in [-0.2, -0.15) is 0 Å². The van der Waals surface area contributed by atoms with Crippen LogP contribution in [0.25, 0.3) is 0 Å². The number of aryl methyl sites for hydroxylation is 1. The van der Waals surface area contributed by atoms with E-state index in [0.29, 0.717) is 19.5 Å². The van der Waals surface area contributed by atoms with Gasteiger partial charge in [-0.1, -0.05) is 5.21 Å². The molecule has 3 rings (SSSR count). The average molecular weight is 294 g/mol. The fourth-order valence-electron chi connectivity index (χ4n) is 2.81. The summed E-state index contributed by atoms with van der Waals surface area (Å²) in [5.41, 5.74) is 1.13. The van der Waals surface area contributed by atoms with Gasteiger partial charge in [0, 0.05) is 31.7 Å². The smallest absolute Gasteiger partial charge is 0.128 e. The van der Waals surface area contributed by atoms with Gasteiger partial charge >= 0.3 is 0 Å². The number of β-amino-alcohol motifs (C(OH)–C–C–N with tert-alkyl or cyclic N) is 1. The molecule has 1 fully saturated rings. The van der Waals surface area contributed by atoms with Crippen molar-refractivity contribution in [2.24, 2.45) is 7.05 Å². The number of benzene rings is 1. The van der Waals surface area contributed by atoms with Crippen LogP contribution < -0.4 is 0 Å². The number of hydrogen-bond donors (Lipinski definition) is 1. The molecule has 2 aromatic rings. The molecule has 7 heteroatoms. The number of nitrogens with zero attached hydrogens (tertiary/aromatic N) is 4. The quantitative estimate of drug-likeness (QED) is 0.930. The monoisotopic (exact) mass is 294 g/mol. The molecule has 21 heavy (non-hydrogen) atoms. The summed E-state index contributed by atoms with van der Waals surface area (Å²) in [7, 11) is 1.77. The van der Waals surface area contributed by atoms with Crippen LogP contribution in [0, 0.1) is 11.6 Å². The van der Waals surface area contributed by atoms with Crippen LogP contribution in [0.1, 0.15) is 23.7 Å². The minimum Gasteiger partial charge on any atom is -0.392 e. The Morgan fingerprint density at radius 1 is 1.38 bits per heavy atom. The Hall–Kier alpha value is -1.86. The van der Waals surface area contributed by atoms with E-state index in [2.05, 4.69) is 10.3 Å². The van der Waals surface area contributed by atoms with Crippen LogP contribution in [0.5, 0.6) is 0 Å². The van der Waals surface area contributed by atoms with Crippen LogP contribution in [0.15, 0.2) is 24.4 Å². The zero-order valence-electron chi connectivity index (χ0n) is 11.6. The number of aromatic nitrogens is 3. The van der Waals surface area contributed by atoms with Gasteiger partial charge in [0.15, 0.2) is 0 Å². The first-order valence-corrected chi connectivity index (χ1v) is 6.75. The van der Waals surface area contributed by atoms with Gasteiger partial charge in [-0.3, -0.25) is 9.58 Å². The van der Waals surface area contributed by atoms with E-state index in [-0.39, 0.29) is 11.6 Å². The van der Waals surface area contributed by atoms with Gasteiger partial charge in [0.1, 0.15) is 11.6 Å². The Balaban J connectivity index is 1.89. The molecule has 1 N–H and O–H groups in total. The summed E-state index contributed by atoms with van der Waals surface area (Å²) in [6, 6.07) is 3.07. The molecule has 0 amide bonds. The second-order valence-electron chi connectivity index (χ2n) is 5.35. The fraction of sp³-hybridized carbons (Fsp3) is 0.429. The second kappa shape index (κ2) is 5.50. The van der Waals surface area contributed by atoms with Crippen LogP contribution in [0.4, 0.5) is 8.78 Å². The number of halogens is 2. The summed E-state index contributed by atoms with van der Waals surface area (Å²) in [6.07, 6.45) is 1.45. The lowest BCUT2D eigenvalue weighted by atomic mass is 10.0. The maximum Gasteiger partial charge on any atom is 0.128 e. The zero-order valence-corrected chi connectivity index (χ0v) is 11.6. The van der Waals surface area contributed by atoms with E-state index in [9.17, 15) is 13.9 Å². The number of rotatable bonds is 3. The molecule has 0 bridgehead atoms. The highest BCUT2D eigenvalue weighted by atomic mass is 19.1. The van der Waals surface area contributed by atoms with E-state index >= 15 is 0 Å². The first-order chi connectivity index (χ1) is 10.0. The molecule has 1 aliphatic heterocycles. The molecule has 0 radical (unpaired) electrons. The molecule has 5 nitrogen and oxygen atoms in total. The van der Waals surface area contributed by atoms with Crippen LogP contribution in [0.2, 0.25) is 0 Å². The third kappa shape index (κ3) is 2.79. The normalized spacial score (nSPS) is 22.9. The number of likely N-dealkylation sites (tertiary alicyclic amines) is 1. The van der Waals surface area contributed by atoms with Gasteiger partial charge in [-0.25, -0.2) is 8.78 Å². The van der Waals surface area contributed by atoms with Crippen molar-refractivity contribution in [1.29, 1.82) is 0 Å². The van der Waals surface area contributed by atoms with Crippen LogP contribution in [-0.2, 0) is 13.6 Å². The Morgan fingerprint density at radius 2 is 2.19 bits per heavy atom. The van der Waals surface area contributed by atoms with Gasteiger partial charge in [-0.05, 0) is 24.6 Å². The van der Waals surface area contributed by atoms with Gasteiger partial charge in [0.25, 0.3) is 0 Å². The third-order valence-electron chi connectivity index (χ3n) is 3.87. The lowest BCUT2D eigenvalue weighted by Gasteiger charge is -2.24. The largest absolute Gasteiger partial charge is 0.392 e. The van der Waals surface area contributed by atoms with Crippen molar-refractivity contribution in [3.8, 4) is 0 Å². The Bertz CT molecular complexity index is 646. The van der Waals surface area contributed by atoms with E-state index in [0.717, 1.165) is 17.8 Å². The molecule has 112 valence electrons. The molecule has 0 aliphatic carbocycles. The highest BCUT2D eigenvalue weighted by molar-refractivity contribution is 5.24. The van der Waals surface area contributed by atoms with Crippen LogP contribution >= 0.6 is 0 Å². The minimum absolute atomic E-state index is 0.279. The van der Waals surface area contributed by atoms with Crippen molar-refractivity contribution in [2.45, 2.75) is 25.1 Å². The molecular formula is C14H16F2N4O. The molecule has 0 saturated carbocycles. The summed E-state index contributed by atoms with van der Waals surface area (Å²) in [5, 5.41) is 17.5. The number of aliphatic hydroxyl groups excluding tert-OH is 1. The van der Waals surface area contributed by atoms with Gasteiger partial charge in [-0.15, -0.1) is 5.10 Å². The standard InChI is InChI=1S/C14H16F2N4O/c1-19-10(6-17-18-19)7-20-8-11(21)5-14(20)12-4-9(15)2-3-13(12)16/h2-4,6,11,14,21H,5,7-8H2,1H3. The average Bonchev–Trinajstić information content (AvgIpc) is 3.00. The molecular weight excluding hydrogens is 278 g/mol. The summed E-state index contributed by atoms with van der Waals surface area (Å²) in [6.45, 7) is 0.882. The zero-order chi connectivity index (χ0) is 15.0. The van der Waals surface area contributed by atoms with E-state index in [1.165, 1.54) is 6.07 Å². The number of hydrogen-bond acceptors (Lipinski definition) is 4. The van der Waals surface area contributed by atoms with Crippen molar-refractivity contribution in [3.05, 3.63) is 47.3 Å². The Morgan fingerprint density at radius 3 is 2.90 bits per heavy atom. The minimum atomic E-state index is -0.557. The van der Waals surface area contributed by atoms with Crippen molar-refractivity contribution < 1.29 is 13.9 Å². The van der Waals surface area contributed by atoms with Crippen LogP contribution in [-0.4, -0.2) is 37.6 Å². The molecule has 2 heterocycles. The molecule has 1 aromatic carbocycles. The van der Waals surface area contributed by atoms with Crippen LogP contribution in [0.3, 0.4) is 0 Å². The third-order valence-corrected chi connectivity index (χ3v) is 3.87. The highest BCUT2D eigenvalue weighted by Gasteiger charge is 2.34. The van der Waals surface area contributed by atoms with Gasteiger partial charge in [0.2, 0.25) is 0 Å². The summed E-state index contributed by atoms with van der Waals surface area (Å²) >= 11 is 0. The molecule has 0 spiro atoms. The second-order valence-corrected chi connectivity index (χ2v) is 5.35. The molecule has 1 aromatic heterocycles. The number of aliphatic hydroxyl groups is 1. The lowest BCUT2D eigenvalue weighted by molar-refractivity contribution is 0.171.